The Balaban J connectivity index is 2.16. The number of amides is 1. The van der Waals surface area contributed by atoms with Crippen LogP contribution in [0.4, 0.5) is 0 Å². The van der Waals surface area contributed by atoms with Crippen LogP contribution in [0.5, 0.6) is 0 Å². The molecule has 0 aliphatic rings. The summed E-state index contributed by atoms with van der Waals surface area (Å²) in [6, 6.07) is 6.89. The number of hydrogen-bond donors (Lipinski definition) is 2. The number of pyridine rings is 1. The quantitative estimate of drug-likeness (QED) is 0.719. The van der Waals surface area contributed by atoms with Gasteiger partial charge >= 0.3 is 0 Å². The van der Waals surface area contributed by atoms with Crippen LogP contribution < -0.4 is 10.9 Å². The van der Waals surface area contributed by atoms with Gasteiger partial charge in [0, 0.05) is 15.6 Å². The van der Waals surface area contributed by atoms with Crippen molar-refractivity contribution in [1.29, 1.82) is 0 Å². The second-order valence-electron chi connectivity index (χ2n) is 4.25. The van der Waals surface area contributed by atoms with Crippen molar-refractivity contribution in [2.24, 2.45) is 0 Å². The summed E-state index contributed by atoms with van der Waals surface area (Å²) in [6.07, 6.45) is 0.621. The van der Waals surface area contributed by atoms with Crippen LogP contribution in [0.1, 0.15) is 10.4 Å². The van der Waals surface area contributed by atoms with Crippen molar-refractivity contribution in [3.63, 3.8) is 0 Å². The van der Waals surface area contributed by atoms with Gasteiger partial charge < -0.3 is 15.1 Å². The van der Waals surface area contributed by atoms with Gasteiger partial charge in [0.1, 0.15) is 6.29 Å². The zero-order valence-electron chi connectivity index (χ0n) is 10.3. The number of carbonyl (C=O) groups excluding carboxylic acids is 2. The second-order valence-corrected chi connectivity index (χ2v) is 5.17. The molecule has 3 aromatic rings. The lowest BCUT2D eigenvalue weighted by molar-refractivity contribution is -0.107. The first-order valence-corrected chi connectivity index (χ1v) is 6.84. The van der Waals surface area contributed by atoms with E-state index in [-0.39, 0.29) is 18.0 Å². The number of aromatic nitrogens is 1. The lowest BCUT2D eigenvalue weighted by Gasteiger charge is -2.04. The van der Waals surface area contributed by atoms with E-state index < -0.39 is 0 Å². The molecule has 0 bridgehead atoms. The number of aromatic amines is 1. The van der Waals surface area contributed by atoms with Crippen molar-refractivity contribution < 1.29 is 9.59 Å². The van der Waals surface area contributed by atoms with Crippen LogP contribution in [0.3, 0.4) is 0 Å². The standard InChI is InChI=1S/C14H10N2O3S/c17-5-4-15-13(18)8-1-2-9-11(7-8)16-14(19)10-3-6-20-12(9)10/h1-3,5-7H,4H2,(H,15,18)(H,16,19). The largest absolute Gasteiger partial charge is 0.345 e. The van der Waals surface area contributed by atoms with Crippen molar-refractivity contribution in [3.8, 4) is 0 Å². The minimum atomic E-state index is -0.342. The Bertz CT molecular complexity index is 879. The van der Waals surface area contributed by atoms with E-state index >= 15 is 0 Å². The molecule has 0 saturated heterocycles. The van der Waals surface area contributed by atoms with E-state index in [0.29, 0.717) is 22.8 Å². The zero-order chi connectivity index (χ0) is 14.1. The van der Waals surface area contributed by atoms with Crippen LogP contribution in [-0.2, 0) is 4.79 Å². The third-order valence-corrected chi connectivity index (χ3v) is 3.98. The molecule has 2 N–H and O–H groups in total. The Kier molecular flexibility index (Phi) is 3.08. The van der Waals surface area contributed by atoms with Crippen molar-refractivity contribution in [2.75, 3.05) is 6.54 Å². The normalized spacial score (nSPS) is 10.8. The van der Waals surface area contributed by atoms with Crippen LogP contribution in [-0.4, -0.2) is 23.7 Å². The average molecular weight is 286 g/mol. The van der Waals surface area contributed by atoms with Gasteiger partial charge in [0.15, 0.2) is 0 Å². The van der Waals surface area contributed by atoms with Crippen LogP contribution in [0.15, 0.2) is 34.4 Å². The van der Waals surface area contributed by atoms with E-state index in [9.17, 15) is 14.4 Å². The van der Waals surface area contributed by atoms with Gasteiger partial charge in [-0.1, -0.05) is 6.07 Å². The summed E-state index contributed by atoms with van der Waals surface area (Å²) in [5.74, 6) is -0.342. The molecule has 0 radical (unpaired) electrons. The second kappa shape index (κ2) is 4.90. The van der Waals surface area contributed by atoms with E-state index in [2.05, 4.69) is 10.3 Å². The van der Waals surface area contributed by atoms with Crippen molar-refractivity contribution in [1.82, 2.24) is 10.3 Å². The molecule has 1 aromatic carbocycles. The molecule has 2 aromatic heterocycles. The first-order chi connectivity index (χ1) is 9.70. The van der Waals surface area contributed by atoms with Crippen molar-refractivity contribution in [2.45, 2.75) is 0 Å². The molecule has 0 aliphatic heterocycles. The van der Waals surface area contributed by atoms with Gasteiger partial charge in [-0.05, 0) is 23.6 Å². The molecule has 0 fully saturated rings. The number of thiophene rings is 1. The summed E-state index contributed by atoms with van der Waals surface area (Å²) >= 11 is 1.49. The third kappa shape index (κ3) is 2.00. The van der Waals surface area contributed by atoms with Gasteiger partial charge in [-0.2, -0.15) is 0 Å². The molecule has 0 saturated carbocycles. The minimum Gasteiger partial charge on any atom is -0.345 e. The van der Waals surface area contributed by atoms with Gasteiger partial charge in [0.2, 0.25) is 0 Å². The Morgan fingerprint density at radius 3 is 2.95 bits per heavy atom. The summed E-state index contributed by atoms with van der Waals surface area (Å²) in [4.78, 5) is 36.7. The number of hydrogen-bond acceptors (Lipinski definition) is 4. The predicted molar refractivity (Wildman–Crippen MR) is 78.3 cm³/mol. The molecule has 20 heavy (non-hydrogen) atoms. The smallest absolute Gasteiger partial charge is 0.257 e. The minimum absolute atomic E-state index is 0.0304. The molecule has 0 aliphatic carbocycles. The summed E-state index contributed by atoms with van der Waals surface area (Å²) in [7, 11) is 0. The Hall–Kier alpha value is -2.47. The zero-order valence-corrected chi connectivity index (χ0v) is 11.1. The number of carbonyl (C=O) groups is 2. The van der Waals surface area contributed by atoms with Gasteiger partial charge in [0.05, 0.1) is 17.4 Å². The molecule has 0 spiro atoms. The van der Waals surface area contributed by atoms with E-state index in [4.69, 9.17) is 0 Å². The lowest BCUT2D eigenvalue weighted by atomic mass is 10.1. The van der Waals surface area contributed by atoms with Crippen LogP contribution in [0.2, 0.25) is 0 Å². The Labute approximate surface area is 117 Å². The molecular formula is C14H10N2O3S. The molecule has 0 unspecified atom stereocenters. The van der Waals surface area contributed by atoms with E-state index in [1.54, 1.807) is 24.3 Å². The highest BCUT2D eigenvalue weighted by Crippen LogP contribution is 2.26. The fraction of sp³-hybridized carbons (Fsp3) is 0.0714. The number of H-pyrrole nitrogens is 1. The van der Waals surface area contributed by atoms with Crippen LogP contribution in [0, 0.1) is 0 Å². The van der Waals surface area contributed by atoms with E-state index in [0.717, 1.165) is 10.1 Å². The number of nitrogens with one attached hydrogen (secondary N) is 2. The number of aldehydes is 1. The first kappa shape index (κ1) is 12.6. The highest BCUT2D eigenvalue weighted by atomic mass is 32.1. The monoisotopic (exact) mass is 286 g/mol. The highest BCUT2D eigenvalue weighted by Gasteiger charge is 2.10. The van der Waals surface area contributed by atoms with Crippen molar-refractivity contribution in [3.05, 3.63) is 45.6 Å². The molecule has 6 heteroatoms. The van der Waals surface area contributed by atoms with Gasteiger partial charge in [-0.15, -0.1) is 11.3 Å². The molecular weight excluding hydrogens is 276 g/mol. The van der Waals surface area contributed by atoms with E-state index in [1.165, 1.54) is 11.3 Å². The Morgan fingerprint density at radius 2 is 2.15 bits per heavy atom. The maximum atomic E-state index is 11.9. The van der Waals surface area contributed by atoms with Crippen molar-refractivity contribution >= 4 is 44.5 Å². The predicted octanol–water partition coefficient (Wildman–Crippen LogP) is 1.67. The fourth-order valence-corrected chi connectivity index (χ4v) is 3.04. The Morgan fingerprint density at radius 1 is 1.30 bits per heavy atom. The van der Waals surface area contributed by atoms with E-state index in [1.807, 2.05) is 5.38 Å². The number of fused-ring (bicyclic) bond motifs is 3. The molecule has 5 nitrogen and oxygen atoms in total. The number of benzene rings is 1. The van der Waals surface area contributed by atoms with Gasteiger partial charge in [-0.25, -0.2) is 0 Å². The molecule has 1 amide bonds. The highest BCUT2D eigenvalue weighted by molar-refractivity contribution is 7.18. The topological polar surface area (TPSA) is 79.0 Å². The van der Waals surface area contributed by atoms with Gasteiger partial charge in [-0.3, -0.25) is 9.59 Å². The lowest BCUT2D eigenvalue weighted by Crippen LogP contribution is -2.25. The maximum absolute atomic E-state index is 11.9. The van der Waals surface area contributed by atoms with Crippen LogP contribution >= 0.6 is 11.3 Å². The first-order valence-electron chi connectivity index (χ1n) is 5.96. The summed E-state index contributed by atoms with van der Waals surface area (Å²) in [6.45, 7) is -0.0304. The third-order valence-electron chi connectivity index (χ3n) is 3.03. The molecule has 100 valence electrons. The summed E-state index contributed by atoms with van der Waals surface area (Å²) in [5.41, 5.74) is 0.855. The average Bonchev–Trinajstić information content (AvgIpc) is 2.94. The molecule has 3 rings (SSSR count). The maximum Gasteiger partial charge on any atom is 0.257 e. The molecule has 0 atom stereocenters. The SMILES string of the molecule is O=CCNC(=O)c1ccc2c(c1)[nH]c(=O)c1ccsc12. The number of rotatable bonds is 3. The molecule has 2 heterocycles. The summed E-state index contributed by atoms with van der Waals surface area (Å²) < 4.78 is 0.906. The van der Waals surface area contributed by atoms with Crippen LogP contribution in [0.25, 0.3) is 21.0 Å². The summed E-state index contributed by atoms with van der Waals surface area (Å²) in [5, 5.41) is 5.89. The fourth-order valence-electron chi connectivity index (χ4n) is 2.11. The van der Waals surface area contributed by atoms with Gasteiger partial charge in [0.25, 0.3) is 11.5 Å².